The lowest BCUT2D eigenvalue weighted by Gasteiger charge is -2.25. The predicted octanol–water partition coefficient (Wildman–Crippen LogP) is 5.54. The van der Waals surface area contributed by atoms with Gasteiger partial charge in [-0.1, -0.05) is 25.3 Å². The molecule has 134 valence electrons. The first kappa shape index (κ1) is 18.6. The van der Waals surface area contributed by atoms with Crippen LogP contribution in [0.15, 0.2) is 23.2 Å². The van der Waals surface area contributed by atoms with Gasteiger partial charge in [0.25, 0.3) is 0 Å². The third kappa shape index (κ3) is 5.14. The van der Waals surface area contributed by atoms with Gasteiger partial charge in [0.15, 0.2) is 12.6 Å². The first-order valence-corrected chi connectivity index (χ1v) is 8.39. The minimum atomic E-state index is -4.38. The quantitative estimate of drug-likeness (QED) is 0.519. The van der Waals surface area contributed by atoms with E-state index in [1.807, 2.05) is 6.92 Å². The Morgan fingerprint density at radius 2 is 1.92 bits per heavy atom. The minimum absolute atomic E-state index is 0.0114. The third-order valence-electron chi connectivity index (χ3n) is 4.25. The Hall–Kier alpha value is -1.72. The van der Waals surface area contributed by atoms with Crippen LogP contribution in [-0.2, 0) is 10.9 Å². The highest BCUT2D eigenvalue weighted by Crippen LogP contribution is 2.42. The summed E-state index contributed by atoms with van der Waals surface area (Å²) in [5, 5.41) is 0. The predicted molar refractivity (Wildman–Crippen MR) is 87.5 cm³/mol. The van der Waals surface area contributed by atoms with Gasteiger partial charge in [-0.25, -0.2) is 4.99 Å². The number of aliphatic imine (C=N–C) groups is 1. The van der Waals surface area contributed by atoms with E-state index in [4.69, 9.17) is 9.47 Å². The van der Waals surface area contributed by atoms with Crippen molar-refractivity contribution in [2.45, 2.75) is 58.0 Å². The highest BCUT2D eigenvalue weighted by atomic mass is 19.4. The molecule has 0 amide bonds. The molecule has 0 N–H and O–H groups in total. The van der Waals surface area contributed by atoms with E-state index in [2.05, 4.69) is 4.99 Å². The minimum Gasteiger partial charge on any atom is -0.481 e. The monoisotopic (exact) mass is 343 g/mol. The van der Waals surface area contributed by atoms with Gasteiger partial charge in [-0.05, 0) is 43.4 Å². The van der Waals surface area contributed by atoms with Crippen LogP contribution in [0.2, 0.25) is 0 Å². The molecule has 0 aliphatic heterocycles. The Balaban J connectivity index is 2.15. The number of hydrogen-bond acceptors (Lipinski definition) is 3. The van der Waals surface area contributed by atoms with Gasteiger partial charge >= 0.3 is 6.18 Å². The summed E-state index contributed by atoms with van der Waals surface area (Å²) >= 11 is 0. The first-order valence-electron chi connectivity index (χ1n) is 8.39. The Morgan fingerprint density at radius 3 is 2.54 bits per heavy atom. The number of hydrogen-bond donors (Lipinski definition) is 0. The SMILES string of the molecule is CCOC(C)=NCOc1ccc(C2CCCCC2)c(C(F)(F)F)c1. The van der Waals surface area contributed by atoms with Crippen LogP contribution in [0, 0.1) is 0 Å². The number of rotatable bonds is 5. The van der Waals surface area contributed by atoms with Crippen molar-refractivity contribution in [2.75, 3.05) is 13.3 Å². The number of halogens is 3. The average molecular weight is 343 g/mol. The second-order valence-electron chi connectivity index (χ2n) is 5.97. The van der Waals surface area contributed by atoms with E-state index in [9.17, 15) is 13.2 Å². The first-order chi connectivity index (χ1) is 11.4. The number of nitrogens with zero attached hydrogens (tertiary/aromatic N) is 1. The van der Waals surface area contributed by atoms with E-state index in [0.29, 0.717) is 18.1 Å². The summed E-state index contributed by atoms with van der Waals surface area (Å²) in [4.78, 5) is 4.00. The lowest BCUT2D eigenvalue weighted by Crippen LogP contribution is -2.14. The third-order valence-corrected chi connectivity index (χ3v) is 4.25. The summed E-state index contributed by atoms with van der Waals surface area (Å²) in [6, 6.07) is 4.26. The van der Waals surface area contributed by atoms with Crippen molar-refractivity contribution in [3.63, 3.8) is 0 Å². The topological polar surface area (TPSA) is 30.8 Å². The van der Waals surface area contributed by atoms with Gasteiger partial charge in [-0.2, -0.15) is 13.2 Å². The number of alkyl halides is 3. The van der Waals surface area contributed by atoms with Gasteiger partial charge < -0.3 is 9.47 Å². The van der Waals surface area contributed by atoms with Crippen LogP contribution in [-0.4, -0.2) is 19.2 Å². The smallest absolute Gasteiger partial charge is 0.416 e. The standard InChI is InChI=1S/C18H24F3NO2/c1-3-23-13(2)22-12-24-15-9-10-16(14-7-5-4-6-8-14)17(11-15)18(19,20)21/h9-11,14H,3-8,12H2,1-2H3. The Labute approximate surface area is 140 Å². The van der Waals surface area contributed by atoms with Gasteiger partial charge in [0.1, 0.15) is 5.75 Å². The molecule has 24 heavy (non-hydrogen) atoms. The molecule has 0 aromatic heterocycles. The molecule has 6 heteroatoms. The maximum Gasteiger partial charge on any atom is 0.416 e. The van der Waals surface area contributed by atoms with Crippen molar-refractivity contribution in [1.82, 2.24) is 0 Å². The molecule has 1 aromatic carbocycles. The molecule has 0 atom stereocenters. The molecule has 3 nitrogen and oxygen atoms in total. The molecule has 0 heterocycles. The van der Waals surface area contributed by atoms with Crippen molar-refractivity contribution in [3.05, 3.63) is 29.3 Å². The maximum absolute atomic E-state index is 13.4. The molecule has 1 fully saturated rings. The fraction of sp³-hybridized carbons (Fsp3) is 0.611. The van der Waals surface area contributed by atoms with Crippen LogP contribution >= 0.6 is 0 Å². The second kappa shape index (κ2) is 8.40. The summed E-state index contributed by atoms with van der Waals surface area (Å²) in [7, 11) is 0. The highest BCUT2D eigenvalue weighted by Gasteiger charge is 2.36. The van der Waals surface area contributed by atoms with E-state index < -0.39 is 11.7 Å². The summed E-state index contributed by atoms with van der Waals surface area (Å²) in [6.45, 7) is 3.94. The zero-order chi connectivity index (χ0) is 17.6. The Bertz CT molecular complexity index is 564. The normalized spacial score (nSPS) is 17.0. The second-order valence-corrected chi connectivity index (χ2v) is 5.97. The van der Waals surface area contributed by atoms with Gasteiger partial charge in [-0.15, -0.1) is 0 Å². The molecule has 1 aliphatic carbocycles. The fourth-order valence-corrected chi connectivity index (χ4v) is 3.09. The number of benzene rings is 1. The van der Waals surface area contributed by atoms with Crippen LogP contribution in [0.5, 0.6) is 5.75 Å². The summed E-state index contributed by atoms with van der Waals surface area (Å²) in [6.07, 6.45) is 0.354. The van der Waals surface area contributed by atoms with E-state index >= 15 is 0 Å². The zero-order valence-electron chi connectivity index (χ0n) is 14.2. The molecule has 0 spiro atoms. The summed E-state index contributed by atoms with van der Waals surface area (Å²) < 4.78 is 50.8. The molecule has 0 bridgehead atoms. The van der Waals surface area contributed by atoms with E-state index in [-0.39, 0.29) is 18.4 Å². The molecule has 1 aromatic rings. The fourth-order valence-electron chi connectivity index (χ4n) is 3.09. The van der Waals surface area contributed by atoms with Crippen molar-refractivity contribution in [2.24, 2.45) is 4.99 Å². The van der Waals surface area contributed by atoms with Crippen LogP contribution in [0.4, 0.5) is 13.2 Å². The van der Waals surface area contributed by atoms with Gasteiger partial charge in [-0.3, -0.25) is 0 Å². The molecule has 2 rings (SSSR count). The molecular weight excluding hydrogens is 319 g/mol. The molecule has 0 saturated heterocycles. The summed E-state index contributed by atoms with van der Waals surface area (Å²) in [5.41, 5.74) is -0.194. The molecule has 0 unspecified atom stereocenters. The van der Waals surface area contributed by atoms with Gasteiger partial charge in [0.05, 0.1) is 12.2 Å². The van der Waals surface area contributed by atoms with E-state index in [1.165, 1.54) is 0 Å². The van der Waals surface area contributed by atoms with E-state index in [0.717, 1.165) is 38.2 Å². The average Bonchev–Trinajstić information content (AvgIpc) is 2.55. The summed E-state index contributed by atoms with van der Waals surface area (Å²) in [5.74, 6) is 0.616. The van der Waals surface area contributed by atoms with Crippen molar-refractivity contribution in [1.29, 1.82) is 0 Å². The van der Waals surface area contributed by atoms with Crippen molar-refractivity contribution >= 4 is 5.90 Å². The van der Waals surface area contributed by atoms with Crippen molar-refractivity contribution in [3.8, 4) is 5.75 Å². The lowest BCUT2D eigenvalue weighted by atomic mass is 9.82. The highest BCUT2D eigenvalue weighted by molar-refractivity contribution is 5.72. The zero-order valence-corrected chi connectivity index (χ0v) is 14.2. The lowest BCUT2D eigenvalue weighted by molar-refractivity contribution is -0.138. The molecule has 1 saturated carbocycles. The molecule has 0 radical (unpaired) electrons. The number of ether oxygens (including phenoxy) is 2. The Kier molecular flexibility index (Phi) is 6.52. The van der Waals surface area contributed by atoms with Crippen LogP contribution < -0.4 is 4.74 Å². The van der Waals surface area contributed by atoms with Crippen LogP contribution in [0.1, 0.15) is 63.0 Å². The van der Waals surface area contributed by atoms with Gasteiger partial charge in [0, 0.05) is 6.92 Å². The van der Waals surface area contributed by atoms with E-state index in [1.54, 1.807) is 19.1 Å². The molecular formula is C18H24F3NO2. The maximum atomic E-state index is 13.4. The Morgan fingerprint density at radius 1 is 1.21 bits per heavy atom. The largest absolute Gasteiger partial charge is 0.481 e. The van der Waals surface area contributed by atoms with Crippen molar-refractivity contribution < 1.29 is 22.6 Å². The van der Waals surface area contributed by atoms with Gasteiger partial charge in [0.2, 0.25) is 0 Å². The molecule has 1 aliphatic rings. The van der Waals surface area contributed by atoms with Crippen LogP contribution in [0.25, 0.3) is 0 Å². The van der Waals surface area contributed by atoms with Crippen LogP contribution in [0.3, 0.4) is 0 Å².